The van der Waals surface area contributed by atoms with Gasteiger partial charge in [-0.1, -0.05) is 12.5 Å². The molecular formula is C18H24N3NaO10S. The molecule has 15 heteroatoms. The first-order valence-electron chi connectivity index (χ1n) is 9.66. The van der Waals surface area contributed by atoms with E-state index < -0.39 is 51.1 Å². The summed E-state index contributed by atoms with van der Waals surface area (Å²) in [5.41, 5.74) is 0.853. The first-order valence-corrected chi connectivity index (χ1v) is 11.2. The molecule has 1 unspecified atom stereocenters. The summed E-state index contributed by atoms with van der Waals surface area (Å²) in [5.74, 6) is -3.20. The fourth-order valence-electron chi connectivity index (χ4n) is 3.04. The van der Waals surface area contributed by atoms with Crippen molar-refractivity contribution in [3.8, 4) is 0 Å². The molecule has 1 heterocycles. The van der Waals surface area contributed by atoms with Crippen LogP contribution in [0.3, 0.4) is 0 Å². The molecule has 3 N–H and O–H groups in total. The number of aliphatic hydroxyl groups is 1. The van der Waals surface area contributed by atoms with E-state index in [9.17, 15) is 38.0 Å². The predicted octanol–water partition coefficient (Wildman–Crippen LogP) is -2.67. The number of rotatable bonds is 12. The predicted molar refractivity (Wildman–Crippen MR) is 108 cm³/mol. The maximum Gasteiger partial charge on any atom is 1.00 e. The monoisotopic (exact) mass is 497 g/mol. The van der Waals surface area contributed by atoms with E-state index in [1.54, 1.807) is 12.1 Å². The van der Waals surface area contributed by atoms with Gasteiger partial charge in [0.15, 0.2) is 5.25 Å². The van der Waals surface area contributed by atoms with Crippen molar-refractivity contribution in [3.63, 3.8) is 0 Å². The topological polar surface area (TPSA) is 193 Å². The van der Waals surface area contributed by atoms with E-state index in [1.807, 2.05) is 0 Å². The molecule has 1 aromatic carbocycles. The molecular weight excluding hydrogens is 473 g/mol. The number of hydroxylamine groups is 2. The third-order valence-electron chi connectivity index (χ3n) is 4.69. The number of aliphatic hydroxyl groups excluding tert-OH is 1. The van der Waals surface area contributed by atoms with Gasteiger partial charge in [0.25, 0.3) is 27.6 Å². The summed E-state index contributed by atoms with van der Waals surface area (Å²) >= 11 is 0. The summed E-state index contributed by atoms with van der Waals surface area (Å²) in [5, 5.41) is 21.3. The molecule has 2 rings (SSSR count). The Balaban J connectivity index is 0.00000544. The molecule has 0 bridgehead atoms. The Morgan fingerprint density at radius 1 is 1.30 bits per heavy atom. The normalized spacial score (nSPS) is 15.9. The number of hydrogen-bond donors (Lipinski definition) is 3. The number of nitrogens with zero attached hydrogens (tertiary/aromatic N) is 2. The van der Waals surface area contributed by atoms with E-state index in [1.165, 1.54) is 6.07 Å². The third kappa shape index (κ3) is 8.41. The van der Waals surface area contributed by atoms with E-state index in [4.69, 9.17) is 4.55 Å². The van der Waals surface area contributed by atoms with Gasteiger partial charge >= 0.3 is 35.5 Å². The van der Waals surface area contributed by atoms with E-state index >= 15 is 0 Å². The average molecular weight is 497 g/mol. The van der Waals surface area contributed by atoms with Crippen molar-refractivity contribution in [2.24, 2.45) is 0 Å². The maximum atomic E-state index is 11.8. The minimum atomic E-state index is -4.77. The van der Waals surface area contributed by atoms with E-state index in [0.717, 1.165) is 5.56 Å². The Kier molecular flexibility index (Phi) is 11.5. The molecule has 0 aromatic heterocycles. The second kappa shape index (κ2) is 13.1. The number of amides is 2. The van der Waals surface area contributed by atoms with Gasteiger partial charge in [0, 0.05) is 19.0 Å². The van der Waals surface area contributed by atoms with Crippen LogP contribution in [0.25, 0.3) is 0 Å². The largest absolute Gasteiger partial charge is 1.00 e. The van der Waals surface area contributed by atoms with Gasteiger partial charge in [-0.2, -0.15) is 8.42 Å². The van der Waals surface area contributed by atoms with Crippen LogP contribution in [0.15, 0.2) is 18.2 Å². The average Bonchev–Trinajstić information content (AvgIpc) is 3.01. The summed E-state index contributed by atoms with van der Waals surface area (Å²) in [6.07, 6.45) is 0.797. The van der Waals surface area contributed by atoms with Gasteiger partial charge in [-0.15, -0.1) is 5.06 Å². The number of unbranched alkanes of at least 4 members (excludes halogenated alkanes) is 2. The SMILES string of the molecule is O=C(CCCCCNCc1ccc([N+](=O)[O-])c(CO)c1)ON1C(=O)CC(S(=O)(=O)O)C1=O.[H-].[Na+]. The van der Waals surface area contributed by atoms with Crippen LogP contribution >= 0.6 is 0 Å². The zero-order valence-electron chi connectivity index (χ0n) is 18.9. The van der Waals surface area contributed by atoms with Gasteiger partial charge in [-0.25, -0.2) is 4.79 Å². The van der Waals surface area contributed by atoms with Crippen molar-refractivity contribution in [3.05, 3.63) is 39.4 Å². The maximum absolute atomic E-state index is 11.8. The van der Waals surface area contributed by atoms with Crippen molar-refractivity contribution >= 4 is 33.6 Å². The Labute approximate surface area is 213 Å². The summed E-state index contributed by atoms with van der Waals surface area (Å²) in [6, 6.07) is 4.48. The molecule has 2 amide bonds. The summed E-state index contributed by atoms with van der Waals surface area (Å²) in [6.45, 7) is 0.576. The van der Waals surface area contributed by atoms with Crippen molar-refractivity contribution in [2.75, 3.05) is 6.54 Å². The van der Waals surface area contributed by atoms with Gasteiger partial charge in [-0.3, -0.25) is 24.3 Å². The van der Waals surface area contributed by atoms with Crippen LogP contribution in [0.5, 0.6) is 0 Å². The third-order valence-corrected chi connectivity index (χ3v) is 5.78. The Hall–Kier alpha value is -1.94. The molecule has 0 aliphatic carbocycles. The van der Waals surface area contributed by atoms with Gasteiger partial charge in [0.05, 0.1) is 23.5 Å². The number of carbonyl (C=O) groups is 3. The zero-order chi connectivity index (χ0) is 23.9. The van der Waals surface area contributed by atoms with Crippen LogP contribution in [0.4, 0.5) is 5.69 Å². The van der Waals surface area contributed by atoms with Crippen LogP contribution in [0.1, 0.15) is 44.7 Å². The number of imide groups is 1. The minimum absolute atomic E-state index is 0. The summed E-state index contributed by atoms with van der Waals surface area (Å²) in [4.78, 5) is 50.1. The molecule has 0 spiro atoms. The number of carbonyl (C=O) groups excluding carboxylic acids is 3. The van der Waals surface area contributed by atoms with Crippen molar-refractivity contribution in [2.45, 2.75) is 50.5 Å². The second-order valence-electron chi connectivity index (χ2n) is 7.06. The van der Waals surface area contributed by atoms with Crippen molar-refractivity contribution in [1.29, 1.82) is 0 Å². The van der Waals surface area contributed by atoms with Crippen LogP contribution in [0.2, 0.25) is 0 Å². The smallest absolute Gasteiger partial charge is 1.00 e. The van der Waals surface area contributed by atoms with Gasteiger partial charge < -0.3 is 16.7 Å². The fraction of sp³-hybridized carbons (Fsp3) is 0.500. The standard InChI is InChI=1S/C18H23N3O10S.Na.H/c22-11-13-8-12(5-6-14(13)21(26)27)10-19-7-3-1-2-4-17(24)31-20-16(23)9-15(18(20)25)32(28,29)30;;/h5-6,8,15,19,22H,1-4,7,9-11H2,(H,28,29,30);;/q;+1;-1. The number of hydrogen-bond acceptors (Lipinski definition) is 10. The molecule has 1 atom stereocenters. The molecule has 1 aromatic rings. The molecule has 1 fully saturated rings. The van der Waals surface area contributed by atoms with Gasteiger partial charge in [0.1, 0.15) is 0 Å². The first-order chi connectivity index (χ1) is 15.0. The van der Waals surface area contributed by atoms with E-state index in [-0.39, 0.29) is 53.7 Å². The molecule has 1 aliphatic heterocycles. The summed E-state index contributed by atoms with van der Waals surface area (Å²) < 4.78 is 31.0. The second-order valence-corrected chi connectivity index (χ2v) is 8.66. The fourth-order valence-corrected chi connectivity index (χ4v) is 3.74. The van der Waals surface area contributed by atoms with Gasteiger partial charge in [-0.05, 0) is 31.0 Å². The van der Waals surface area contributed by atoms with Crippen LogP contribution in [0, 0.1) is 10.1 Å². The van der Waals surface area contributed by atoms with Crippen LogP contribution in [-0.4, -0.2) is 57.6 Å². The van der Waals surface area contributed by atoms with E-state index in [2.05, 4.69) is 10.2 Å². The van der Waals surface area contributed by atoms with Crippen molar-refractivity contribution < 1.29 is 73.2 Å². The molecule has 0 radical (unpaired) electrons. The summed E-state index contributed by atoms with van der Waals surface area (Å²) in [7, 11) is -4.77. The molecule has 13 nitrogen and oxygen atoms in total. The molecule has 1 saturated heterocycles. The number of nitro benzene ring substituents is 1. The Bertz CT molecular complexity index is 1010. The van der Waals surface area contributed by atoms with Crippen molar-refractivity contribution in [1.82, 2.24) is 10.4 Å². The molecule has 33 heavy (non-hydrogen) atoms. The zero-order valence-corrected chi connectivity index (χ0v) is 20.7. The van der Waals surface area contributed by atoms with Crippen LogP contribution < -0.4 is 34.9 Å². The molecule has 178 valence electrons. The quantitative estimate of drug-likeness (QED) is 0.0681. The number of nitrogens with one attached hydrogen (secondary N) is 1. The number of benzene rings is 1. The molecule has 0 saturated carbocycles. The number of nitro groups is 1. The van der Waals surface area contributed by atoms with E-state index in [0.29, 0.717) is 32.4 Å². The van der Waals surface area contributed by atoms with Crippen LogP contribution in [-0.2, 0) is 42.5 Å². The Morgan fingerprint density at radius 3 is 2.58 bits per heavy atom. The van der Waals surface area contributed by atoms with Gasteiger partial charge in [0.2, 0.25) is 0 Å². The molecule has 1 aliphatic rings. The minimum Gasteiger partial charge on any atom is -1.00 e. The Morgan fingerprint density at radius 2 is 2.00 bits per heavy atom. The first kappa shape index (κ1) is 29.1.